The first-order chi connectivity index (χ1) is 8.61. The summed E-state index contributed by atoms with van der Waals surface area (Å²) in [4.78, 5) is 0. The van der Waals surface area contributed by atoms with Gasteiger partial charge in [0.2, 0.25) is 0 Å². The Bertz CT molecular complexity index is 501. The molecule has 0 spiro atoms. The van der Waals surface area contributed by atoms with Crippen molar-refractivity contribution in [2.24, 2.45) is 5.92 Å². The van der Waals surface area contributed by atoms with E-state index in [0.29, 0.717) is 18.5 Å². The maximum atomic E-state index is 4.71. The second-order valence-electron chi connectivity index (χ2n) is 4.92. The Morgan fingerprint density at radius 2 is 2.17 bits per heavy atom. The number of nitrogens with one attached hydrogen (secondary N) is 1. The van der Waals surface area contributed by atoms with Gasteiger partial charge in [0.15, 0.2) is 0 Å². The Morgan fingerprint density at radius 1 is 1.39 bits per heavy atom. The number of aromatic nitrogens is 3. The molecular formula is C13H20N4O. The molecule has 5 nitrogen and oxygen atoms in total. The van der Waals surface area contributed by atoms with Crippen molar-refractivity contribution >= 4 is 0 Å². The van der Waals surface area contributed by atoms with E-state index in [9.17, 15) is 0 Å². The molecule has 0 bridgehead atoms. The van der Waals surface area contributed by atoms with Crippen molar-refractivity contribution in [2.45, 2.75) is 33.4 Å². The lowest BCUT2D eigenvalue weighted by Crippen LogP contribution is -2.21. The predicted molar refractivity (Wildman–Crippen MR) is 69.2 cm³/mol. The van der Waals surface area contributed by atoms with Gasteiger partial charge in [0.1, 0.15) is 11.4 Å². The molecule has 0 aromatic carbocycles. The van der Waals surface area contributed by atoms with Gasteiger partial charge in [0, 0.05) is 18.4 Å². The molecule has 1 unspecified atom stereocenters. The molecule has 1 atom stereocenters. The summed E-state index contributed by atoms with van der Waals surface area (Å²) in [6, 6.07) is 2.52. The third-order valence-corrected chi connectivity index (χ3v) is 3.19. The average molecular weight is 248 g/mol. The monoisotopic (exact) mass is 248 g/mol. The Labute approximate surface area is 107 Å². The molecule has 2 heterocycles. The van der Waals surface area contributed by atoms with E-state index in [-0.39, 0.29) is 0 Å². The lowest BCUT2D eigenvalue weighted by Gasteiger charge is -2.18. The van der Waals surface area contributed by atoms with Crippen LogP contribution in [-0.4, -0.2) is 21.9 Å². The molecule has 2 aromatic heterocycles. The van der Waals surface area contributed by atoms with Crippen molar-refractivity contribution in [3.63, 3.8) is 0 Å². The van der Waals surface area contributed by atoms with Crippen molar-refractivity contribution in [3.05, 3.63) is 35.4 Å². The van der Waals surface area contributed by atoms with Gasteiger partial charge in [0.05, 0.1) is 6.54 Å². The van der Waals surface area contributed by atoms with Crippen LogP contribution in [0.1, 0.15) is 36.8 Å². The van der Waals surface area contributed by atoms with Gasteiger partial charge >= 0.3 is 0 Å². The second-order valence-corrected chi connectivity index (χ2v) is 4.92. The lowest BCUT2D eigenvalue weighted by atomic mass is 9.99. The fourth-order valence-corrected chi connectivity index (χ4v) is 2.19. The van der Waals surface area contributed by atoms with Gasteiger partial charge in [0.25, 0.3) is 0 Å². The number of rotatable bonds is 5. The fraction of sp³-hybridized carbons (Fsp3) is 0.538. The van der Waals surface area contributed by atoms with Gasteiger partial charge in [-0.15, -0.1) is 0 Å². The molecule has 0 aliphatic carbocycles. The molecule has 0 aliphatic heterocycles. The lowest BCUT2D eigenvalue weighted by molar-refractivity contribution is 0.300. The topological polar surface area (TPSA) is 55.9 Å². The highest BCUT2D eigenvalue weighted by Crippen LogP contribution is 2.21. The van der Waals surface area contributed by atoms with E-state index in [1.54, 1.807) is 0 Å². The van der Waals surface area contributed by atoms with E-state index < -0.39 is 0 Å². The van der Waals surface area contributed by atoms with E-state index >= 15 is 0 Å². The molecule has 18 heavy (non-hydrogen) atoms. The number of aryl methyl sites for hydroxylation is 1. The smallest absolute Gasteiger partial charge is 0.127 e. The minimum absolute atomic E-state index is 0.378. The summed E-state index contributed by atoms with van der Waals surface area (Å²) in [6.07, 6.45) is 4.21. The first-order valence-corrected chi connectivity index (χ1v) is 6.22. The highest BCUT2D eigenvalue weighted by Gasteiger charge is 2.15. The van der Waals surface area contributed by atoms with Crippen molar-refractivity contribution in [2.75, 3.05) is 7.05 Å². The van der Waals surface area contributed by atoms with Crippen LogP contribution in [0.4, 0.5) is 0 Å². The van der Waals surface area contributed by atoms with Gasteiger partial charge in [-0.3, -0.25) is 0 Å². The van der Waals surface area contributed by atoms with Gasteiger partial charge in [-0.25, -0.2) is 4.63 Å². The summed E-state index contributed by atoms with van der Waals surface area (Å²) >= 11 is 0. The van der Waals surface area contributed by atoms with Gasteiger partial charge in [-0.2, -0.15) is 0 Å². The van der Waals surface area contributed by atoms with E-state index in [1.807, 2.05) is 14.0 Å². The van der Waals surface area contributed by atoms with E-state index in [0.717, 1.165) is 11.4 Å². The van der Waals surface area contributed by atoms with Crippen LogP contribution in [0.15, 0.2) is 23.1 Å². The molecule has 0 fully saturated rings. The van der Waals surface area contributed by atoms with Crippen molar-refractivity contribution in [1.82, 2.24) is 20.2 Å². The standard InChI is InChI=1S/C13H20N4O/c1-9(2)13(14-4)11-5-6-17(7-11)8-12-10(3)15-18-16-12/h5-7,9,13-14H,8H2,1-4H3. The van der Waals surface area contributed by atoms with Gasteiger partial charge in [-0.05, 0) is 31.5 Å². The normalized spacial score (nSPS) is 13.2. The highest BCUT2D eigenvalue weighted by atomic mass is 16.6. The molecule has 5 heteroatoms. The first kappa shape index (κ1) is 12.8. The molecule has 0 aliphatic rings. The molecule has 0 saturated carbocycles. The largest absolute Gasteiger partial charge is 0.348 e. The van der Waals surface area contributed by atoms with Crippen LogP contribution >= 0.6 is 0 Å². The molecule has 98 valence electrons. The summed E-state index contributed by atoms with van der Waals surface area (Å²) in [5.41, 5.74) is 3.02. The highest BCUT2D eigenvalue weighted by molar-refractivity contribution is 5.17. The zero-order valence-electron chi connectivity index (χ0n) is 11.3. The first-order valence-electron chi connectivity index (χ1n) is 6.22. The molecule has 0 radical (unpaired) electrons. The zero-order chi connectivity index (χ0) is 13.1. The summed E-state index contributed by atoms with van der Waals surface area (Å²) in [6.45, 7) is 7.03. The SMILES string of the molecule is CNC(c1ccn(Cc2nonc2C)c1)C(C)C. The Morgan fingerprint density at radius 3 is 2.72 bits per heavy atom. The molecule has 2 rings (SSSR count). The predicted octanol–water partition coefficient (Wildman–Crippen LogP) is 2.14. The van der Waals surface area contributed by atoms with Crippen LogP contribution in [0.3, 0.4) is 0 Å². The second kappa shape index (κ2) is 5.35. The number of hydrogen-bond donors (Lipinski definition) is 1. The molecule has 0 saturated heterocycles. The van der Waals surface area contributed by atoms with Gasteiger partial charge in [-0.1, -0.05) is 24.2 Å². The maximum Gasteiger partial charge on any atom is 0.127 e. The average Bonchev–Trinajstić information content (AvgIpc) is 2.91. The summed E-state index contributed by atoms with van der Waals surface area (Å²) in [7, 11) is 1.99. The minimum atomic E-state index is 0.378. The summed E-state index contributed by atoms with van der Waals surface area (Å²) < 4.78 is 6.81. The molecule has 0 amide bonds. The van der Waals surface area contributed by atoms with Crippen LogP contribution < -0.4 is 5.32 Å². The third-order valence-electron chi connectivity index (χ3n) is 3.19. The van der Waals surface area contributed by atoms with Crippen LogP contribution in [0.2, 0.25) is 0 Å². The van der Waals surface area contributed by atoms with E-state index in [4.69, 9.17) is 4.63 Å². The Kier molecular flexibility index (Phi) is 3.81. The van der Waals surface area contributed by atoms with Crippen molar-refractivity contribution in [1.29, 1.82) is 0 Å². The summed E-state index contributed by atoms with van der Waals surface area (Å²) in [5, 5.41) is 11.0. The maximum absolute atomic E-state index is 4.71. The number of hydrogen-bond acceptors (Lipinski definition) is 4. The molecular weight excluding hydrogens is 228 g/mol. The van der Waals surface area contributed by atoms with Crippen LogP contribution in [0.5, 0.6) is 0 Å². The van der Waals surface area contributed by atoms with Crippen LogP contribution in [0.25, 0.3) is 0 Å². The quantitative estimate of drug-likeness (QED) is 0.880. The zero-order valence-corrected chi connectivity index (χ0v) is 11.3. The Balaban J connectivity index is 2.13. The fourth-order valence-electron chi connectivity index (χ4n) is 2.19. The Hall–Kier alpha value is -1.62. The summed E-state index contributed by atoms with van der Waals surface area (Å²) in [5.74, 6) is 0.557. The third kappa shape index (κ3) is 2.61. The minimum Gasteiger partial charge on any atom is -0.348 e. The molecule has 2 aromatic rings. The van der Waals surface area contributed by atoms with Crippen molar-refractivity contribution in [3.8, 4) is 0 Å². The van der Waals surface area contributed by atoms with E-state index in [1.165, 1.54) is 5.56 Å². The van der Waals surface area contributed by atoms with Crippen molar-refractivity contribution < 1.29 is 4.63 Å². The molecule has 1 N–H and O–H groups in total. The van der Waals surface area contributed by atoms with Gasteiger partial charge < -0.3 is 9.88 Å². The number of nitrogens with zero attached hydrogens (tertiary/aromatic N) is 3. The van der Waals surface area contributed by atoms with Crippen LogP contribution in [-0.2, 0) is 6.54 Å². The van der Waals surface area contributed by atoms with Crippen LogP contribution in [0, 0.1) is 12.8 Å². The van der Waals surface area contributed by atoms with E-state index in [2.05, 4.69) is 52.5 Å².